The molecule has 32 heavy (non-hydrogen) atoms. The van der Waals surface area contributed by atoms with Crippen LogP contribution in [0.25, 0.3) is 0 Å². The molecule has 4 aliphatic heterocycles. The summed E-state index contributed by atoms with van der Waals surface area (Å²) in [6.45, 7) is 6.12. The number of thioether (sulfide) groups is 1. The molecule has 0 spiro atoms. The molecule has 6 N–H and O–H groups in total. The Balaban J connectivity index is 1.40. The first-order valence-corrected chi connectivity index (χ1v) is 11.8. The highest BCUT2D eigenvalue weighted by Gasteiger charge is 2.60. The van der Waals surface area contributed by atoms with Crippen molar-refractivity contribution >= 4 is 35.5 Å². The monoisotopic (exact) mass is 466 g/mol. The summed E-state index contributed by atoms with van der Waals surface area (Å²) in [7, 11) is 0. The van der Waals surface area contributed by atoms with Gasteiger partial charge in [0.1, 0.15) is 5.70 Å². The third-order valence-corrected chi connectivity index (χ3v) is 8.44. The number of nitrogens with one attached hydrogen (secondary N) is 2. The maximum absolute atomic E-state index is 12.9. The van der Waals surface area contributed by atoms with Crippen LogP contribution >= 0.6 is 11.8 Å². The van der Waals surface area contributed by atoms with Gasteiger partial charge in [-0.2, -0.15) is 0 Å². The third kappa shape index (κ3) is 3.73. The minimum absolute atomic E-state index is 0.00746. The number of hydrogen-bond acceptors (Lipinski definition) is 7. The molecule has 0 aliphatic carbocycles. The maximum atomic E-state index is 12.9. The van der Waals surface area contributed by atoms with Crippen molar-refractivity contribution in [2.45, 2.75) is 43.7 Å². The van der Waals surface area contributed by atoms with Gasteiger partial charge in [-0.15, -0.1) is 11.8 Å². The molecule has 6 atom stereocenters. The summed E-state index contributed by atoms with van der Waals surface area (Å²) in [5, 5.41) is 30.5. The van der Waals surface area contributed by atoms with Crippen LogP contribution < -0.4 is 11.1 Å². The van der Waals surface area contributed by atoms with Gasteiger partial charge in [-0.1, -0.05) is 6.92 Å². The molecular formula is C20H30N6O5S. The van der Waals surface area contributed by atoms with Crippen LogP contribution in [0.5, 0.6) is 0 Å². The minimum Gasteiger partial charge on any atom is -0.477 e. The fraction of sp³-hybridized carbons (Fsp3) is 0.700. The van der Waals surface area contributed by atoms with Crippen molar-refractivity contribution in [3.8, 4) is 0 Å². The fourth-order valence-electron chi connectivity index (χ4n) is 5.23. The van der Waals surface area contributed by atoms with E-state index in [2.05, 4.69) is 5.32 Å². The average Bonchev–Trinajstić information content (AvgIpc) is 3.29. The second-order valence-electron chi connectivity index (χ2n) is 8.91. The summed E-state index contributed by atoms with van der Waals surface area (Å²) >= 11 is 1.43. The number of β-lactam (4-membered cyclic amide) rings is 1. The van der Waals surface area contributed by atoms with Crippen molar-refractivity contribution in [1.29, 1.82) is 5.41 Å². The normalized spacial score (nSPS) is 33.3. The number of carboxylic acid groups (broad SMARTS) is 1. The number of rotatable bonds is 5. The molecule has 0 aromatic heterocycles. The van der Waals surface area contributed by atoms with E-state index >= 15 is 0 Å². The van der Waals surface area contributed by atoms with E-state index in [-0.39, 0.29) is 46.7 Å². The smallest absolute Gasteiger partial charge is 0.353 e. The van der Waals surface area contributed by atoms with Crippen LogP contribution in [0.15, 0.2) is 10.6 Å². The predicted octanol–water partition coefficient (Wildman–Crippen LogP) is -1.36. The molecule has 0 unspecified atom stereocenters. The Bertz CT molecular complexity index is 871. The average molecular weight is 467 g/mol. The lowest BCUT2D eigenvalue weighted by molar-refractivity contribution is -0.163. The van der Waals surface area contributed by atoms with Crippen LogP contribution in [0.4, 0.5) is 0 Å². The Morgan fingerprint density at radius 3 is 2.44 bits per heavy atom. The van der Waals surface area contributed by atoms with Gasteiger partial charge in [0, 0.05) is 48.8 Å². The second kappa shape index (κ2) is 8.56. The number of hydrogen-bond donors (Lipinski definition) is 5. The number of aliphatic hydroxyl groups excluding tert-OH is 1. The lowest BCUT2D eigenvalue weighted by Crippen LogP contribution is -2.63. The number of aliphatic hydroxyl groups is 1. The van der Waals surface area contributed by atoms with Gasteiger partial charge >= 0.3 is 5.97 Å². The highest BCUT2D eigenvalue weighted by molar-refractivity contribution is 8.03. The van der Waals surface area contributed by atoms with E-state index in [9.17, 15) is 24.6 Å². The second-order valence-corrected chi connectivity index (χ2v) is 10.2. The zero-order chi connectivity index (χ0) is 23.3. The van der Waals surface area contributed by atoms with Gasteiger partial charge in [-0.25, -0.2) is 4.79 Å². The summed E-state index contributed by atoms with van der Waals surface area (Å²) in [5.74, 6) is -2.22. The highest BCUT2D eigenvalue weighted by Crippen LogP contribution is 2.51. The van der Waals surface area contributed by atoms with Crippen LogP contribution in [-0.4, -0.2) is 105 Å². The first-order valence-electron chi connectivity index (χ1n) is 10.9. The number of nitrogens with two attached hydrogens (primary N) is 1. The van der Waals surface area contributed by atoms with Gasteiger partial charge in [-0.05, 0) is 13.3 Å². The zero-order valence-electron chi connectivity index (χ0n) is 18.2. The fourth-order valence-corrected chi connectivity index (χ4v) is 6.71. The number of piperazine rings is 1. The Labute approximate surface area is 190 Å². The number of carbonyl (C=O) groups is 3. The van der Waals surface area contributed by atoms with Crippen molar-refractivity contribution in [2.75, 3.05) is 32.7 Å². The van der Waals surface area contributed by atoms with Gasteiger partial charge in [0.15, 0.2) is 5.96 Å². The number of aliphatic carboxylic acids is 1. The number of guanidine groups is 1. The first-order chi connectivity index (χ1) is 15.1. The van der Waals surface area contributed by atoms with Gasteiger partial charge in [0.2, 0.25) is 11.8 Å². The van der Waals surface area contributed by atoms with Gasteiger partial charge < -0.3 is 36.0 Å². The number of amides is 2. The lowest BCUT2D eigenvalue weighted by Gasteiger charge is -2.46. The quantitative estimate of drug-likeness (QED) is 0.187. The molecule has 4 heterocycles. The van der Waals surface area contributed by atoms with Gasteiger partial charge in [0.25, 0.3) is 0 Å². The van der Waals surface area contributed by atoms with Gasteiger partial charge in [-0.3, -0.25) is 15.0 Å². The molecule has 0 aromatic carbocycles. The summed E-state index contributed by atoms with van der Waals surface area (Å²) in [6.07, 6.45) is -0.262. The molecule has 12 heteroatoms. The third-order valence-electron chi connectivity index (χ3n) is 6.93. The van der Waals surface area contributed by atoms with E-state index < -0.39 is 18.0 Å². The molecule has 11 nitrogen and oxygen atoms in total. The number of nitrogens with zero attached hydrogens (tertiary/aromatic N) is 3. The molecule has 0 radical (unpaired) electrons. The lowest BCUT2D eigenvalue weighted by atomic mass is 9.79. The van der Waals surface area contributed by atoms with E-state index in [0.717, 1.165) is 0 Å². The van der Waals surface area contributed by atoms with E-state index in [4.69, 9.17) is 11.1 Å². The van der Waals surface area contributed by atoms with E-state index in [1.54, 1.807) is 16.7 Å². The molecule has 3 saturated heterocycles. The molecule has 3 fully saturated rings. The van der Waals surface area contributed by atoms with E-state index in [0.29, 0.717) is 44.0 Å². The molecule has 4 rings (SSSR count). The molecule has 2 amide bonds. The maximum Gasteiger partial charge on any atom is 0.353 e. The summed E-state index contributed by atoms with van der Waals surface area (Å²) in [5.41, 5.74) is 5.53. The number of fused-ring (bicyclic) bond motifs is 1. The standard InChI is InChI=1S/C20H30N6O5S/c1-9-14-13(10(2)27)18(29)26(14)15(19(30)31)16(9)32-11-7-12(23-8-11)17(28)24-3-5-25(6-4-24)20(21)22/h9-14,23,27H,3-8H2,1-2H3,(H3,21,22)(H,30,31)/t9-,10-,11+,12+,13-,14-/m1/s1. The number of carbonyl (C=O) groups excluding carboxylic acids is 2. The topological polar surface area (TPSA) is 163 Å². The van der Waals surface area contributed by atoms with Crippen LogP contribution in [0.2, 0.25) is 0 Å². The molecule has 0 bridgehead atoms. The summed E-state index contributed by atoms with van der Waals surface area (Å²) in [4.78, 5) is 42.9. The molecule has 4 aliphatic rings. The van der Waals surface area contributed by atoms with Crippen molar-refractivity contribution in [2.24, 2.45) is 17.6 Å². The summed E-state index contributed by atoms with van der Waals surface area (Å²) in [6, 6.07) is -0.675. The van der Waals surface area contributed by atoms with Gasteiger partial charge in [0.05, 0.1) is 24.1 Å². The van der Waals surface area contributed by atoms with Crippen LogP contribution in [-0.2, 0) is 14.4 Å². The Morgan fingerprint density at radius 1 is 1.25 bits per heavy atom. The summed E-state index contributed by atoms with van der Waals surface area (Å²) < 4.78 is 0. The number of carboxylic acids is 1. The van der Waals surface area contributed by atoms with Crippen molar-refractivity contribution in [1.82, 2.24) is 20.0 Å². The predicted molar refractivity (Wildman–Crippen MR) is 117 cm³/mol. The van der Waals surface area contributed by atoms with Crippen molar-refractivity contribution < 1.29 is 24.6 Å². The Hall–Kier alpha value is -2.31. The highest BCUT2D eigenvalue weighted by atomic mass is 32.2. The molecule has 176 valence electrons. The molecular weight excluding hydrogens is 436 g/mol. The Morgan fingerprint density at radius 2 is 1.88 bits per heavy atom. The van der Waals surface area contributed by atoms with E-state index in [1.165, 1.54) is 16.7 Å². The van der Waals surface area contributed by atoms with Crippen molar-refractivity contribution in [3.63, 3.8) is 0 Å². The molecule has 0 saturated carbocycles. The zero-order valence-corrected chi connectivity index (χ0v) is 19.0. The van der Waals surface area contributed by atoms with Crippen LogP contribution in [0.3, 0.4) is 0 Å². The van der Waals surface area contributed by atoms with E-state index in [1.807, 2.05) is 6.92 Å². The van der Waals surface area contributed by atoms with Crippen molar-refractivity contribution in [3.05, 3.63) is 10.6 Å². The minimum atomic E-state index is -1.14. The van der Waals surface area contributed by atoms with Crippen LogP contribution in [0.1, 0.15) is 20.3 Å². The first kappa shape index (κ1) is 22.9. The Kier molecular flexibility index (Phi) is 6.12. The molecule has 0 aromatic rings. The largest absolute Gasteiger partial charge is 0.477 e. The van der Waals surface area contributed by atoms with Crippen LogP contribution in [0, 0.1) is 17.2 Å². The SMILES string of the molecule is C[C@@H](O)[C@H]1C(=O)N2C(C(=O)O)=C(S[C@@H]3CN[C@H](C(=O)N4CCN(C(=N)N)CC4)C3)[C@H](C)[C@H]12.